The molecule has 1 saturated heterocycles. The van der Waals surface area contributed by atoms with E-state index in [1.807, 2.05) is 36.7 Å². The Balaban J connectivity index is 1.49. The first-order chi connectivity index (χ1) is 19.9. The van der Waals surface area contributed by atoms with E-state index in [-0.39, 0.29) is 39.7 Å². The van der Waals surface area contributed by atoms with Gasteiger partial charge in [-0.1, -0.05) is 23.7 Å². The maximum Gasteiger partial charge on any atom is 0.229 e. The number of hydrogen-bond donors (Lipinski definition) is 3. The minimum Gasteiger partial charge on any atom is -0.494 e. The van der Waals surface area contributed by atoms with Crippen molar-refractivity contribution in [1.29, 1.82) is 0 Å². The van der Waals surface area contributed by atoms with Gasteiger partial charge in [-0.15, -0.1) is 0 Å². The van der Waals surface area contributed by atoms with E-state index in [1.165, 1.54) is 6.20 Å². The zero-order valence-corrected chi connectivity index (χ0v) is 26.0. The highest BCUT2D eigenvalue weighted by Gasteiger charge is 2.25. The van der Waals surface area contributed by atoms with Gasteiger partial charge in [-0.3, -0.25) is 0 Å². The molecule has 0 atom stereocenters. The van der Waals surface area contributed by atoms with Crippen LogP contribution in [-0.2, 0) is 9.84 Å². The van der Waals surface area contributed by atoms with Crippen LogP contribution in [0.5, 0.6) is 11.6 Å². The van der Waals surface area contributed by atoms with Crippen molar-refractivity contribution >= 4 is 55.4 Å². The molecule has 0 spiro atoms. The van der Waals surface area contributed by atoms with Crippen LogP contribution in [0.25, 0.3) is 10.8 Å². The number of hydrogen-bond acceptors (Lipinski definition) is 9. The van der Waals surface area contributed by atoms with Gasteiger partial charge < -0.3 is 29.9 Å². The first kappa shape index (κ1) is 29.9. The molecule has 0 bridgehead atoms. The normalized spacial score (nSPS) is 15.0. The fourth-order valence-electron chi connectivity index (χ4n) is 5.08. The van der Waals surface area contributed by atoms with Crippen molar-refractivity contribution in [2.24, 2.45) is 0 Å². The van der Waals surface area contributed by atoms with E-state index in [1.54, 1.807) is 38.1 Å². The number of nitrogens with zero attached hydrogens (tertiary/aromatic N) is 4. The molecule has 0 amide bonds. The van der Waals surface area contributed by atoms with E-state index in [2.05, 4.69) is 32.5 Å². The molecule has 1 aliphatic rings. The van der Waals surface area contributed by atoms with Crippen LogP contribution in [-0.4, -0.2) is 64.5 Å². The Morgan fingerprint density at radius 1 is 1.07 bits per heavy atom. The van der Waals surface area contributed by atoms with Crippen LogP contribution < -0.4 is 15.4 Å². The zero-order valence-electron chi connectivity index (χ0n) is 24.4. The number of benzene rings is 2. The molecular weight excluding hydrogens is 576 g/mol. The Morgan fingerprint density at radius 2 is 1.79 bits per heavy atom. The number of aromatic hydroxyl groups is 1. The van der Waals surface area contributed by atoms with E-state index in [0.29, 0.717) is 22.5 Å². The molecule has 0 radical (unpaired) electrons. The first-order valence-corrected chi connectivity index (χ1v) is 16.0. The minimum atomic E-state index is -3.56. The fourth-order valence-corrected chi connectivity index (χ4v) is 6.42. The van der Waals surface area contributed by atoms with Crippen LogP contribution in [0.1, 0.15) is 46.6 Å². The maximum absolute atomic E-state index is 13.0. The number of para-hydroxylation sites is 1. The highest BCUT2D eigenvalue weighted by Crippen LogP contribution is 2.40. The quantitative estimate of drug-likeness (QED) is 0.194. The van der Waals surface area contributed by atoms with Crippen LogP contribution in [0.3, 0.4) is 0 Å². The predicted molar refractivity (Wildman–Crippen MR) is 168 cm³/mol. The molecule has 0 aliphatic carbocycles. The third-order valence-corrected chi connectivity index (χ3v) is 9.90. The molecule has 1 aliphatic heterocycles. The zero-order chi connectivity index (χ0) is 30.2. The van der Waals surface area contributed by atoms with Crippen LogP contribution in [0.4, 0.5) is 23.1 Å². The molecule has 12 heteroatoms. The highest BCUT2D eigenvalue weighted by molar-refractivity contribution is 7.92. The Morgan fingerprint density at radius 3 is 2.48 bits per heavy atom. The molecule has 224 valence electrons. The summed E-state index contributed by atoms with van der Waals surface area (Å²) in [5, 5.41) is 18.7. The van der Waals surface area contributed by atoms with Crippen molar-refractivity contribution in [3.05, 3.63) is 53.8 Å². The lowest BCUT2D eigenvalue weighted by Gasteiger charge is -2.30. The van der Waals surface area contributed by atoms with Gasteiger partial charge in [0, 0.05) is 23.0 Å². The molecule has 42 heavy (non-hydrogen) atoms. The number of sulfone groups is 1. The highest BCUT2D eigenvalue weighted by atomic mass is 35.5. The monoisotopic (exact) mass is 612 g/mol. The molecule has 4 aromatic rings. The molecule has 3 N–H and O–H groups in total. The smallest absolute Gasteiger partial charge is 0.229 e. The molecule has 2 aromatic heterocycles. The van der Waals surface area contributed by atoms with Gasteiger partial charge in [0.1, 0.15) is 10.8 Å². The van der Waals surface area contributed by atoms with Crippen LogP contribution >= 0.6 is 11.6 Å². The van der Waals surface area contributed by atoms with Crippen LogP contribution in [0.15, 0.2) is 53.7 Å². The number of ether oxygens (including phenoxy) is 1. The summed E-state index contributed by atoms with van der Waals surface area (Å²) in [4.78, 5) is 11.3. The second kappa shape index (κ2) is 12.0. The Labute approximate surface area is 251 Å². The Bertz CT molecular complexity index is 1700. The largest absolute Gasteiger partial charge is 0.494 e. The number of nitrogens with one attached hydrogen (secondary N) is 2. The molecule has 0 saturated carbocycles. The van der Waals surface area contributed by atoms with Gasteiger partial charge in [0.15, 0.2) is 21.5 Å². The maximum atomic E-state index is 13.0. The number of fused-ring (bicyclic) bond motifs is 1. The Kier molecular flexibility index (Phi) is 8.54. The average Bonchev–Trinajstić information content (AvgIpc) is 3.26. The molecule has 10 nitrogen and oxygen atoms in total. The molecule has 5 rings (SSSR count). The molecular formula is C30H37ClN6O4S. The second-order valence-electron chi connectivity index (χ2n) is 11.2. The number of rotatable bonds is 9. The van der Waals surface area contributed by atoms with E-state index in [4.69, 9.17) is 16.3 Å². The molecule has 3 heterocycles. The van der Waals surface area contributed by atoms with Crippen LogP contribution in [0.2, 0.25) is 5.02 Å². The van der Waals surface area contributed by atoms with Gasteiger partial charge in [0.25, 0.3) is 0 Å². The summed E-state index contributed by atoms with van der Waals surface area (Å²) in [7, 11) is -1.45. The topological polar surface area (TPSA) is 122 Å². The van der Waals surface area contributed by atoms with Gasteiger partial charge >= 0.3 is 0 Å². The van der Waals surface area contributed by atoms with Gasteiger partial charge in [-0.05, 0) is 84.9 Å². The SMILES string of the molecule is CC(C)Oc1cc2cn(C3CCN(C)CC3)c(O)c2cc1Nc1ncc(Cl)c(Nc2ccccc2S(=O)(=O)C(C)C)n1. The Hall–Kier alpha value is -3.54. The first-order valence-electron chi connectivity index (χ1n) is 14.1. The van der Waals surface area contributed by atoms with Crippen molar-refractivity contribution in [2.75, 3.05) is 30.8 Å². The summed E-state index contributed by atoms with van der Waals surface area (Å²) >= 11 is 6.43. The van der Waals surface area contributed by atoms with E-state index >= 15 is 0 Å². The van der Waals surface area contributed by atoms with E-state index < -0.39 is 15.1 Å². The van der Waals surface area contributed by atoms with Gasteiger partial charge in [0.2, 0.25) is 5.95 Å². The summed E-state index contributed by atoms with van der Waals surface area (Å²) < 4.78 is 34.0. The van der Waals surface area contributed by atoms with E-state index in [9.17, 15) is 13.5 Å². The number of anilines is 4. The lowest BCUT2D eigenvalue weighted by molar-refractivity contribution is 0.213. The van der Waals surface area contributed by atoms with Gasteiger partial charge in [-0.2, -0.15) is 4.98 Å². The third kappa shape index (κ3) is 6.13. The third-order valence-electron chi connectivity index (χ3n) is 7.42. The minimum absolute atomic E-state index is 0.102. The number of aromatic nitrogens is 3. The van der Waals surface area contributed by atoms with E-state index in [0.717, 1.165) is 31.3 Å². The van der Waals surface area contributed by atoms with Crippen molar-refractivity contribution in [3.63, 3.8) is 0 Å². The summed E-state index contributed by atoms with van der Waals surface area (Å²) in [5.74, 6) is 1.25. The molecule has 1 fully saturated rings. The molecule has 2 aromatic carbocycles. The summed E-state index contributed by atoms with van der Waals surface area (Å²) in [5.41, 5.74) is 0.937. The second-order valence-corrected chi connectivity index (χ2v) is 14.1. The summed E-state index contributed by atoms with van der Waals surface area (Å²) in [6.45, 7) is 9.12. The van der Waals surface area contributed by atoms with Crippen molar-refractivity contribution in [2.45, 2.75) is 62.8 Å². The number of piperidine rings is 1. The predicted octanol–water partition coefficient (Wildman–Crippen LogP) is 6.51. The fraction of sp³-hybridized carbons (Fsp3) is 0.400. The summed E-state index contributed by atoms with van der Waals surface area (Å²) in [6.07, 6.45) is 5.24. The van der Waals surface area contributed by atoms with Gasteiger partial charge in [-0.25, -0.2) is 13.4 Å². The number of halogens is 1. The average molecular weight is 613 g/mol. The number of likely N-dealkylation sites (tertiary alicyclic amines) is 1. The lowest BCUT2D eigenvalue weighted by Crippen LogP contribution is -2.31. The van der Waals surface area contributed by atoms with Crippen molar-refractivity contribution in [3.8, 4) is 11.6 Å². The molecule has 0 unspecified atom stereocenters. The van der Waals surface area contributed by atoms with Gasteiger partial charge in [0.05, 0.1) is 33.8 Å². The van der Waals surface area contributed by atoms with Crippen LogP contribution in [0, 0.1) is 0 Å². The lowest BCUT2D eigenvalue weighted by atomic mass is 10.1. The van der Waals surface area contributed by atoms with Crippen molar-refractivity contribution < 1.29 is 18.3 Å². The van der Waals surface area contributed by atoms with Crippen molar-refractivity contribution in [1.82, 2.24) is 19.4 Å². The summed E-state index contributed by atoms with van der Waals surface area (Å²) in [6, 6.07) is 10.6. The standard InChI is InChI=1S/C30H37ClN6O4S/c1-18(2)41-26-14-20-17-37(21-10-12-36(5)13-11-21)29(38)22(20)15-25(26)34-30-32-16-23(31)28(35-30)33-24-8-6-7-9-27(24)42(39,40)19(3)4/h6-9,14-19,21,38H,10-13H2,1-5H3,(H2,32,33,34,35).